The van der Waals surface area contributed by atoms with Crippen molar-refractivity contribution in [2.45, 2.75) is 32.6 Å². The van der Waals surface area contributed by atoms with Crippen LogP contribution in [0.25, 0.3) is 11.3 Å². The van der Waals surface area contributed by atoms with E-state index in [2.05, 4.69) is 17.2 Å². The minimum atomic E-state index is -0.853. The number of nitrogens with zero attached hydrogens (tertiary/aromatic N) is 2. The zero-order valence-corrected chi connectivity index (χ0v) is 15.4. The number of aliphatic carboxylic acids is 1. The molecule has 26 heavy (non-hydrogen) atoms. The summed E-state index contributed by atoms with van der Waals surface area (Å²) in [6.07, 6.45) is 1.96. The average Bonchev–Trinajstić information content (AvgIpc) is 2.67. The molecule has 138 valence electrons. The molecule has 1 atom stereocenters. The van der Waals surface area contributed by atoms with E-state index in [0.717, 1.165) is 29.7 Å². The summed E-state index contributed by atoms with van der Waals surface area (Å²) >= 11 is 0. The van der Waals surface area contributed by atoms with Crippen molar-refractivity contribution in [2.75, 3.05) is 18.5 Å². The largest absolute Gasteiger partial charge is 0.481 e. The Morgan fingerprint density at radius 1 is 1.19 bits per heavy atom. The first kappa shape index (κ1) is 19.4. The van der Waals surface area contributed by atoms with Gasteiger partial charge in [-0.15, -0.1) is 0 Å². The first-order chi connectivity index (χ1) is 12.4. The van der Waals surface area contributed by atoms with E-state index in [4.69, 9.17) is 5.11 Å². The van der Waals surface area contributed by atoms with Gasteiger partial charge >= 0.3 is 12.0 Å². The third kappa shape index (κ3) is 4.81. The standard InChI is InChI=1S/C20H25N3O3/c1-4-5-13-21-20(26)23(3)18-8-6-7-17(22-18)16-11-9-15(10-12-16)14(2)19(24)25/h6-12,14H,4-5,13H2,1-3H3,(H,21,26)(H,24,25). The summed E-state index contributed by atoms with van der Waals surface area (Å²) in [5, 5.41) is 12.0. The zero-order chi connectivity index (χ0) is 19.1. The van der Waals surface area contributed by atoms with Gasteiger partial charge in [0.2, 0.25) is 0 Å². The molecular formula is C20H25N3O3. The van der Waals surface area contributed by atoms with E-state index in [1.807, 2.05) is 24.3 Å². The Balaban J connectivity index is 2.15. The van der Waals surface area contributed by atoms with Crippen LogP contribution < -0.4 is 10.2 Å². The second-order valence-corrected chi connectivity index (χ2v) is 6.21. The lowest BCUT2D eigenvalue weighted by Gasteiger charge is -2.18. The fourth-order valence-corrected chi connectivity index (χ4v) is 2.45. The van der Waals surface area contributed by atoms with Crippen LogP contribution in [0, 0.1) is 0 Å². The average molecular weight is 355 g/mol. The van der Waals surface area contributed by atoms with Gasteiger partial charge in [-0.2, -0.15) is 0 Å². The number of carboxylic acid groups (broad SMARTS) is 1. The molecule has 0 radical (unpaired) electrons. The van der Waals surface area contributed by atoms with Crippen LogP contribution in [0.3, 0.4) is 0 Å². The van der Waals surface area contributed by atoms with Crippen molar-refractivity contribution in [3.05, 3.63) is 48.0 Å². The molecule has 6 heteroatoms. The molecule has 1 aromatic carbocycles. The number of nitrogens with one attached hydrogen (secondary N) is 1. The quantitative estimate of drug-likeness (QED) is 0.738. The van der Waals surface area contributed by atoms with Crippen LogP contribution in [-0.2, 0) is 4.79 Å². The highest BCUT2D eigenvalue weighted by atomic mass is 16.4. The Morgan fingerprint density at radius 3 is 2.50 bits per heavy atom. The van der Waals surface area contributed by atoms with Gasteiger partial charge in [-0.05, 0) is 31.0 Å². The molecule has 0 bridgehead atoms. The molecule has 2 rings (SSSR count). The van der Waals surface area contributed by atoms with E-state index in [1.54, 1.807) is 32.2 Å². The summed E-state index contributed by atoms with van der Waals surface area (Å²) in [6, 6.07) is 12.6. The highest BCUT2D eigenvalue weighted by Crippen LogP contribution is 2.23. The van der Waals surface area contributed by atoms with Crippen LogP contribution in [0.2, 0.25) is 0 Å². The SMILES string of the molecule is CCCCNC(=O)N(C)c1cccc(-c2ccc(C(C)C(=O)O)cc2)n1. The number of carboxylic acids is 1. The number of amides is 2. The van der Waals surface area contributed by atoms with Gasteiger partial charge in [0, 0.05) is 19.2 Å². The van der Waals surface area contributed by atoms with Gasteiger partial charge in [0.1, 0.15) is 5.82 Å². The van der Waals surface area contributed by atoms with Crippen molar-refractivity contribution < 1.29 is 14.7 Å². The Labute approximate surface area is 153 Å². The summed E-state index contributed by atoms with van der Waals surface area (Å²) in [5.74, 6) is -0.852. The molecule has 0 fully saturated rings. The van der Waals surface area contributed by atoms with Crippen molar-refractivity contribution in [3.63, 3.8) is 0 Å². The second-order valence-electron chi connectivity index (χ2n) is 6.21. The van der Waals surface area contributed by atoms with E-state index in [-0.39, 0.29) is 6.03 Å². The minimum Gasteiger partial charge on any atom is -0.481 e. The van der Waals surface area contributed by atoms with Crippen LogP contribution in [0.4, 0.5) is 10.6 Å². The van der Waals surface area contributed by atoms with Gasteiger partial charge in [0.25, 0.3) is 0 Å². The monoisotopic (exact) mass is 355 g/mol. The smallest absolute Gasteiger partial charge is 0.322 e. The topological polar surface area (TPSA) is 82.5 Å². The van der Waals surface area contributed by atoms with E-state index >= 15 is 0 Å². The molecule has 2 N–H and O–H groups in total. The van der Waals surface area contributed by atoms with Crippen LogP contribution in [0.5, 0.6) is 0 Å². The lowest BCUT2D eigenvalue weighted by Crippen LogP contribution is -2.38. The van der Waals surface area contributed by atoms with Gasteiger partial charge in [0.05, 0.1) is 11.6 Å². The molecule has 0 spiro atoms. The third-order valence-corrected chi connectivity index (χ3v) is 4.27. The maximum atomic E-state index is 12.2. The summed E-state index contributed by atoms with van der Waals surface area (Å²) in [6.45, 7) is 4.37. The van der Waals surface area contributed by atoms with Crippen LogP contribution >= 0.6 is 0 Å². The molecule has 1 heterocycles. The molecule has 0 aliphatic rings. The first-order valence-corrected chi connectivity index (χ1v) is 8.75. The summed E-state index contributed by atoms with van der Waals surface area (Å²) in [7, 11) is 1.69. The van der Waals surface area contributed by atoms with Gasteiger partial charge in [-0.3, -0.25) is 9.69 Å². The number of urea groups is 1. The molecule has 0 saturated carbocycles. The molecule has 2 amide bonds. The molecule has 0 aliphatic heterocycles. The van der Waals surface area contributed by atoms with Gasteiger partial charge in [0.15, 0.2) is 0 Å². The number of hydrogen-bond acceptors (Lipinski definition) is 3. The number of pyridine rings is 1. The first-order valence-electron chi connectivity index (χ1n) is 8.75. The number of rotatable bonds is 7. The highest BCUT2D eigenvalue weighted by molar-refractivity contribution is 5.90. The maximum Gasteiger partial charge on any atom is 0.322 e. The summed E-state index contributed by atoms with van der Waals surface area (Å²) in [4.78, 5) is 29.3. The van der Waals surface area contributed by atoms with E-state index in [1.165, 1.54) is 4.90 Å². The molecule has 6 nitrogen and oxygen atoms in total. The lowest BCUT2D eigenvalue weighted by molar-refractivity contribution is -0.138. The predicted octanol–water partition coefficient (Wildman–Crippen LogP) is 3.88. The fraction of sp³-hybridized carbons (Fsp3) is 0.350. The zero-order valence-electron chi connectivity index (χ0n) is 15.4. The number of anilines is 1. The Kier molecular flexibility index (Phi) is 6.72. The second kappa shape index (κ2) is 8.99. The van der Waals surface area contributed by atoms with Crippen molar-refractivity contribution >= 4 is 17.8 Å². The number of hydrogen-bond donors (Lipinski definition) is 2. The summed E-state index contributed by atoms with van der Waals surface area (Å²) < 4.78 is 0. The predicted molar refractivity (Wildman–Crippen MR) is 102 cm³/mol. The molecule has 1 aromatic heterocycles. The normalized spacial score (nSPS) is 11.7. The molecule has 0 aliphatic carbocycles. The van der Waals surface area contributed by atoms with Gasteiger partial charge in [-0.1, -0.05) is 43.7 Å². The number of unbranched alkanes of at least 4 members (excludes halogenated alkanes) is 1. The number of carbonyl (C=O) groups is 2. The Bertz CT molecular complexity index is 759. The van der Waals surface area contributed by atoms with Crippen LogP contribution in [0.1, 0.15) is 38.2 Å². The Morgan fingerprint density at radius 2 is 1.88 bits per heavy atom. The number of aromatic nitrogens is 1. The third-order valence-electron chi connectivity index (χ3n) is 4.27. The van der Waals surface area contributed by atoms with Gasteiger partial charge < -0.3 is 10.4 Å². The van der Waals surface area contributed by atoms with E-state index in [9.17, 15) is 9.59 Å². The van der Waals surface area contributed by atoms with Crippen molar-refractivity contribution in [3.8, 4) is 11.3 Å². The van der Waals surface area contributed by atoms with E-state index < -0.39 is 11.9 Å². The number of benzene rings is 1. The van der Waals surface area contributed by atoms with Crippen molar-refractivity contribution in [2.24, 2.45) is 0 Å². The molecule has 0 saturated heterocycles. The summed E-state index contributed by atoms with van der Waals surface area (Å²) in [5.41, 5.74) is 2.34. The lowest BCUT2D eigenvalue weighted by atomic mass is 9.99. The maximum absolute atomic E-state index is 12.2. The van der Waals surface area contributed by atoms with Crippen molar-refractivity contribution in [1.82, 2.24) is 10.3 Å². The Hall–Kier alpha value is -2.89. The fourth-order valence-electron chi connectivity index (χ4n) is 2.45. The van der Waals surface area contributed by atoms with Gasteiger partial charge in [-0.25, -0.2) is 9.78 Å². The molecule has 1 unspecified atom stereocenters. The van der Waals surface area contributed by atoms with E-state index in [0.29, 0.717) is 12.4 Å². The van der Waals surface area contributed by atoms with Crippen molar-refractivity contribution in [1.29, 1.82) is 0 Å². The highest BCUT2D eigenvalue weighted by Gasteiger charge is 2.14. The number of carbonyl (C=O) groups excluding carboxylic acids is 1. The van der Waals surface area contributed by atoms with Crippen LogP contribution in [0.15, 0.2) is 42.5 Å². The molecule has 2 aromatic rings. The van der Waals surface area contributed by atoms with Crippen LogP contribution in [-0.4, -0.2) is 35.7 Å². The molecular weight excluding hydrogens is 330 g/mol. The minimum absolute atomic E-state index is 0.186.